The standard InChI is InChI=1S/C25H29F3O4/c1-16(2)21(29)31-20-11-9-17-14-19(10-8-18(17)15-20)24(12-6-7-13-24)32-22(3,4)23(5,30)25(26,27)28/h8-11,14-15,30H,1,6-7,12-13H2,2-5H3. The van der Waals surface area contributed by atoms with Crippen LogP contribution in [0.3, 0.4) is 0 Å². The molecule has 7 heteroatoms. The van der Waals surface area contributed by atoms with Crippen molar-refractivity contribution in [3.8, 4) is 5.75 Å². The summed E-state index contributed by atoms with van der Waals surface area (Å²) in [7, 11) is 0. The van der Waals surface area contributed by atoms with Gasteiger partial charge >= 0.3 is 12.1 Å². The molecule has 0 radical (unpaired) electrons. The molecule has 0 aliphatic heterocycles. The van der Waals surface area contributed by atoms with Gasteiger partial charge in [-0.1, -0.05) is 37.6 Å². The first kappa shape index (κ1) is 24.3. The fourth-order valence-corrected chi connectivity index (χ4v) is 4.09. The fourth-order valence-electron chi connectivity index (χ4n) is 4.09. The highest BCUT2D eigenvalue weighted by atomic mass is 19.4. The van der Waals surface area contributed by atoms with E-state index in [0.29, 0.717) is 18.6 Å². The van der Waals surface area contributed by atoms with Crippen molar-refractivity contribution in [3.05, 3.63) is 54.1 Å². The molecule has 1 saturated carbocycles. The molecule has 2 aromatic carbocycles. The number of ether oxygens (including phenoxy) is 2. The molecule has 1 atom stereocenters. The van der Waals surface area contributed by atoms with Crippen molar-refractivity contribution in [1.29, 1.82) is 0 Å². The van der Waals surface area contributed by atoms with Crippen molar-refractivity contribution in [3.63, 3.8) is 0 Å². The number of benzene rings is 2. The number of esters is 1. The third-order valence-corrected chi connectivity index (χ3v) is 6.48. The van der Waals surface area contributed by atoms with Crippen LogP contribution < -0.4 is 4.74 Å². The second-order valence-electron chi connectivity index (χ2n) is 9.28. The molecule has 0 bridgehead atoms. The molecule has 32 heavy (non-hydrogen) atoms. The summed E-state index contributed by atoms with van der Waals surface area (Å²) < 4.78 is 52.1. The number of halogens is 3. The van der Waals surface area contributed by atoms with Crippen LogP contribution in [-0.4, -0.2) is 28.5 Å². The number of alkyl halides is 3. The summed E-state index contributed by atoms with van der Waals surface area (Å²) in [5, 5.41) is 12.0. The molecule has 0 aromatic heterocycles. The minimum absolute atomic E-state index is 0.290. The molecule has 0 spiro atoms. The van der Waals surface area contributed by atoms with Crippen molar-refractivity contribution >= 4 is 16.7 Å². The van der Waals surface area contributed by atoms with Crippen LogP contribution in [0.15, 0.2) is 48.6 Å². The SMILES string of the molecule is C=C(C)C(=O)Oc1ccc2cc(C3(OC(C)(C)C(C)(O)C(F)(F)F)CCCC3)ccc2c1. The van der Waals surface area contributed by atoms with Crippen molar-refractivity contribution < 1.29 is 32.5 Å². The number of rotatable bonds is 6. The van der Waals surface area contributed by atoms with Crippen molar-refractivity contribution in [2.24, 2.45) is 0 Å². The molecular weight excluding hydrogens is 421 g/mol. The van der Waals surface area contributed by atoms with Crippen LogP contribution in [0.4, 0.5) is 13.2 Å². The molecule has 1 fully saturated rings. The Balaban J connectivity index is 1.96. The Morgan fingerprint density at radius 3 is 2.16 bits per heavy atom. The van der Waals surface area contributed by atoms with E-state index in [1.54, 1.807) is 25.1 Å². The Morgan fingerprint density at radius 1 is 1.03 bits per heavy atom. The minimum atomic E-state index is -4.84. The topological polar surface area (TPSA) is 55.8 Å². The first-order valence-electron chi connectivity index (χ1n) is 10.6. The Labute approximate surface area is 186 Å². The lowest BCUT2D eigenvalue weighted by Crippen LogP contribution is -2.61. The summed E-state index contributed by atoms with van der Waals surface area (Å²) in [6.07, 6.45) is -2.08. The highest BCUT2D eigenvalue weighted by Gasteiger charge is 2.62. The van der Waals surface area contributed by atoms with E-state index in [1.165, 1.54) is 13.8 Å². The zero-order valence-corrected chi connectivity index (χ0v) is 18.8. The molecule has 4 nitrogen and oxygen atoms in total. The van der Waals surface area contributed by atoms with E-state index >= 15 is 0 Å². The van der Waals surface area contributed by atoms with E-state index < -0.39 is 28.9 Å². The van der Waals surface area contributed by atoms with E-state index in [-0.39, 0.29) is 5.57 Å². The van der Waals surface area contributed by atoms with Crippen LogP contribution >= 0.6 is 0 Å². The Hall–Kier alpha value is -2.38. The van der Waals surface area contributed by atoms with E-state index in [2.05, 4.69) is 6.58 Å². The van der Waals surface area contributed by atoms with E-state index in [4.69, 9.17) is 9.47 Å². The predicted octanol–water partition coefficient (Wildman–Crippen LogP) is 6.20. The maximum absolute atomic E-state index is 13.5. The van der Waals surface area contributed by atoms with E-state index in [9.17, 15) is 23.1 Å². The number of aliphatic hydroxyl groups is 1. The number of hydrogen-bond acceptors (Lipinski definition) is 4. The largest absolute Gasteiger partial charge is 0.423 e. The van der Waals surface area contributed by atoms with Gasteiger partial charge in [0.2, 0.25) is 0 Å². The summed E-state index contributed by atoms with van der Waals surface area (Å²) in [5.74, 6) is -0.134. The van der Waals surface area contributed by atoms with Gasteiger partial charge in [0.15, 0.2) is 5.60 Å². The Bertz CT molecular complexity index is 1030. The maximum Gasteiger partial charge on any atom is 0.419 e. The lowest BCUT2D eigenvalue weighted by atomic mass is 9.83. The summed E-state index contributed by atoms with van der Waals surface area (Å²) >= 11 is 0. The van der Waals surface area contributed by atoms with Gasteiger partial charge < -0.3 is 14.6 Å². The molecule has 0 saturated heterocycles. The number of fused-ring (bicyclic) bond motifs is 1. The lowest BCUT2D eigenvalue weighted by molar-refractivity contribution is -0.330. The summed E-state index contributed by atoms with van der Waals surface area (Å²) in [6, 6.07) is 10.7. The third kappa shape index (κ3) is 4.41. The average Bonchev–Trinajstić information content (AvgIpc) is 3.15. The van der Waals surface area contributed by atoms with Gasteiger partial charge in [0.25, 0.3) is 0 Å². The van der Waals surface area contributed by atoms with Gasteiger partial charge in [0.1, 0.15) is 11.4 Å². The first-order chi connectivity index (χ1) is 14.7. The Kier molecular flexibility index (Phi) is 6.21. The van der Waals surface area contributed by atoms with Gasteiger partial charge in [0.05, 0.1) is 5.60 Å². The molecular formula is C25H29F3O4. The molecule has 0 heterocycles. The van der Waals surface area contributed by atoms with Gasteiger partial charge in [0, 0.05) is 5.57 Å². The molecule has 0 amide bonds. The molecule has 1 N–H and O–H groups in total. The van der Waals surface area contributed by atoms with Gasteiger partial charge in [-0.15, -0.1) is 0 Å². The fraction of sp³-hybridized carbons (Fsp3) is 0.480. The second kappa shape index (κ2) is 8.19. The molecule has 2 aromatic rings. The molecule has 1 unspecified atom stereocenters. The molecule has 3 rings (SSSR count). The number of hydrogen-bond donors (Lipinski definition) is 1. The van der Waals surface area contributed by atoms with Crippen LogP contribution in [0.25, 0.3) is 10.8 Å². The van der Waals surface area contributed by atoms with Gasteiger partial charge in [-0.2, -0.15) is 13.2 Å². The van der Waals surface area contributed by atoms with Gasteiger partial charge in [-0.05, 0) is 75.1 Å². The van der Waals surface area contributed by atoms with Crippen molar-refractivity contribution in [1.82, 2.24) is 0 Å². The van der Waals surface area contributed by atoms with Crippen LogP contribution in [0.1, 0.15) is 58.9 Å². The zero-order chi connectivity index (χ0) is 23.9. The zero-order valence-electron chi connectivity index (χ0n) is 18.8. The van der Waals surface area contributed by atoms with E-state index in [0.717, 1.165) is 36.1 Å². The summed E-state index contributed by atoms with van der Waals surface area (Å²) in [5.41, 5.74) is -4.77. The van der Waals surface area contributed by atoms with Crippen LogP contribution in [-0.2, 0) is 15.1 Å². The van der Waals surface area contributed by atoms with Crippen LogP contribution in [0.5, 0.6) is 5.75 Å². The number of carbonyl (C=O) groups excluding carboxylic acids is 1. The quantitative estimate of drug-likeness (QED) is 0.323. The monoisotopic (exact) mass is 450 g/mol. The number of carbonyl (C=O) groups is 1. The lowest BCUT2D eigenvalue weighted by Gasteiger charge is -2.46. The summed E-state index contributed by atoms with van der Waals surface area (Å²) in [6.45, 7) is 8.44. The molecule has 1 aliphatic rings. The summed E-state index contributed by atoms with van der Waals surface area (Å²) in [4.78, 5) is 11.8. The van der Waals surface area contributed by atoms with Gasteiger partial charge in [-0.3, -0.25) is 0 Å². The normalized spacial score (nSPS) is 18.4. The van der Waals surface area contributed by atoms with Gasteiger partial charge in [-0.25, -0.2) is 4.79 Å². The minimum Gasteiger partial charge on any atom is -0.423 e. The Morgan fingerprint density at radius 2 is 1.59 bits per heavy atom. The van der Waals surface area contributed by atoms with Crippen LogP contribution in [0, 0.1) is 0 Å². The molecule has 174 valence electrons. The van der Waals surface area contributed by atoms with E-state index in [1.807, 2.05) is 18.2 Å². The maximum atomic E-state index is 13.5. The van der Waals surface area contributed by atoms with Crippen LogP contribution in [0.2, 0.25) is 0 Å². The van der Waals surface area contributed by atoms with Crippen molar-refractivity contribution in [2.45, 2.75) is 76.4 Å². The second-order valence-corrected chi connectivity index (χ2v) is 9.28. The highest BCUT2D eigenvalue weighted by Crippen LogP contribution is 2.50. The predicted molar refractivity (Wildman–Crippen MR) is 116 cm³/mol. The third-order valence-electron chi connectivity index (χ3n) is 6.48. The molecule has 1 aliphatic carbocycles. The van der Waals surface area contributed by atoms with Crippen molar-refractivity contribution in [2.75, 3.05) is 0 Å². The highest BCUT2D eigenvalue weighted by molar-refractivity contribution is 5.90. The smallest absolute Gasteiger partial charge is 0.419 e. The average molecular weight is 450 g/mol. The first-order valence-corrected chi connectivity index (χ1v) is 10.6.